The molecule has 2 rings (SSSR count). The van der Waals surface area contributed by atoms with Gasteiger partial charge in [-0.05, 0) is 49.1 Å². The van der Waals surface area contributed by atoms with Gasteiger partial charge in [-0.3, -0.25) is 4.79 Å². The van der Waals surface area contributed by atoms with Crippen LogP contribution in [0.5, 0.6) is 0 Å². The van der Waals surface area contributed by atoms with Crippen molar-refractivity contribution in [3.63, 3.8) is 0 Å². The predicted octanol–water partition coefficient (Wildman–Crippen LogP) is 4.36. The molecule has 21 heavy (non-hydrogen) atoms. The Balaban J connectivity index is 2.14. The monoisotopic (exact) mass is 283 g/mol. The first-order valence-corrected chi connectivity index (χ1v) is 7.30. The first-order chi connectivity index (χ1) is 10.1. The fourth-order valence-corrected chi connectivity index (χ4v) is 2.27. The minimum atomic E-state index is -0.139. The lowest BCUT2D eigenvalue weighted by molar-refractivity contribution is -0.111. The Kier molecular flexibility index (Phi) is 4.99. The summed E-state index contributed by atoms with van der Waals surface area (Å²) < 4.78 is 5.41. The Labute approximate surface area is 125 Å². The van der Waals surface area contributed by atoms with Gasteiger partial charge in [-0.1, -0.05) is 32.0 Å². The Morgan fingerprint density at radius 2 is 1.81 bits per heavy atom. The molecule has 0 aliphatic heterocycles. The molecule has 0 bridgehead atoms. The van der Waals surface area contributed by atoms with E-state index >= 15 is 0 Å². The van der Waals surface area contributed by atoms with E-state index in [2.05, 4.69) is 19.2 Å². The molecule has 0 aliphatic rings. The Bertz CT molecular complexity index is 631. The molecule has 3 heteroatoms. The lowest BCUT2D eigenvalue weighted by Crippen LogP contribution is -2.11. The van der Waals surface area contributed by atoms with Gasteiger partial charge in [-0.2, -0.15) is 0 Å². The molecule has 1 N–H and O–H groups in total. The first-order valence-electron chi connectivity index (χ1n) is 7.30. The van der Waals surface area contributed by atoms with Crippen LogP contribution in [0.15, 0.2) is 40.8 Å². The summed E-state index contributed by atoms with van der Waals surface area (Å²) in [5, 5.41) is 2.99. The molecule has 1 amide bonds. The van der Waals surface area contributed by atoms with Crippen molar-refractivity contribution in [2.75, 3.05) is 5.32 Å². The van der Waals surface area contributed by atoms with E-state index in [-0.39, 0.29) is 5.91 Å². The smallest absolute Gasteiger partial charge is 0.248 e. The Hall–Kier alpha value is -2.29. The minimum Gasteiger partial charge on any atom is -0.462 e. The number of benzene rings is 1. The van der Waals surface area contributed by atoms with Gasteiger partial charge >= 0.3 is 0 Å². The van der Waals surface area contributed by atoms with Gasteiger partial charge in [0.25, 0.3) is 0 Å². The molecule has 110 valence electrons. The van der Waals surface area contributed by atoms with E-state index in [9.17, 15) is 4.79 Å². The van der Waals surface area contributed by atoms with Crippen LogP contribution in [0.1, 0.15) is 36.5 Å². The van der Waals surface area contributed by atoms with Gasteiger partial charge < -0.3 is 9.73 Å². The summed E-state index contributed by atoms with van der Waals surface area (Å²) in [5.41, 5.74) is 3.25. The summed E-state index contributed by atoms with van der Waals surface area (Å²) in [6.07, 6.45) is 4.97. The zero-order valence-electron chi connectivity index (χ0n) is 12.8. The van der Waals surface area contributed by atoms with Gasteiger partial charge in [-0.25, -0.2) is 0 Å². The SMILES string of the molecule is CCc1cccc(CC)c1NC(=O)/C=C/c1ccc(C)o1. The highest BCUT2D eigenvalue weighted by atomic mass is 16.3. The van der Waals surface area contributed by atoms with E-state index in [1.165, 1.54) is 6.08 Å². The zero-order valence-corrected chi connectivity index (χ0v) is 12.8. The number of hydrogen-bond donors (Lipinski definition) is 1. The summed E-state index contributed by atoms with van der Waals surface area (Å²) in [7, 11) is 0. The Morgan fingerprint density at radius 1 is 1.14 bits per heavy atom. The molecule has 0 atom stereocenters. The summed E-state index contributed by atoms with van der Waals surface area (Å²) in [5.74, 6) is 1.38. The van der Waals surface area contributed by atoms with Crippen LogP contribution < -0.4 is 5.32 Å². The van der Waals surface area contributed by atoms with Gasteiger partial charge in [0, 0.05) is 11.8 Å². The second-order valence-electron chi connectivity index (χ2n) is 4.93. The molecular weight excluding hydrogens is 262 g/mol. The second kappa shape index (κ2) is 6.93. The van der Waals surface area contributed by atoms with Crippen LogP contribution in [0.2, 0.25) is 0 Å². The van der Waals surface area contributed by atoms with E-state index in [0.717, 1.165) is 35.4 Å². The first kappa shape index (κ1) is 15.1. The molecular formula is C18H21NO2. The summed E-state index contributed by atoms with van der Waals surface area (Å²) in [6, 6.07) is 9.85. The normalized spacial score (nSPS) is 11.0. The molecule has 3 nitrogen and oxygen atoms in total. The molecule has 0 aliphatic carbocycles. The number of furan rings is 1. The van der Waals surface area contributed by atoms with Crippen LogP contribution in [0.25, 0.3) is 6.08 Å². The maximum Gasteiger partial charge on any atom is 0.248 e. The summed E-state index contributed by atoms with van der Waals surface area (Å²) in [4.78, 5) is 12.1. The number of carbonyl (C=O) groups excluding carboxylic acids is 1. The molecule has 0 saturated heterocycles. The van der Waals surface area contributed by atoms with Crippen molar-refractivity contribution in [1.29, 1.82) is 0 Å². The number of anilines is 1. The minimum absolute atomic E-state index is 0.139. The van der Waals surface area contributed by atoms with Crippen LogP contribution in [-0.4, -0.2) is 5.91 Å². The number of rotatable bonds is 5. The molecule has 0 radical (unpaired) electrons. The fourth-order valence-electron chi connectivity index (χ4n) is 2.27. The number of nitrogens with one attached hydrogen (secondary N) is 1. The lowest BCUT2D eigenvalue weighted by Gasteiger charge is -2.13. The van der Waals surface area contributed by atoms with E-state index in [1.54, 1.807) is 6.08 Å². The van der Waals surface area contributed by atoms with E-state index in [0.29, 0.717) is 5.76 Å². The van der Waals surface area contributed by atoms with Crippen LogP contribution >= 0.6 is 0 Å². The third-order valence-electron chi connectivity index (χ3n) is 3.41. The second-order valence-corrected chi connectivity index (χ2v) is 4.93. The summed E-state index contributed by atoms with van der Waals surface area (Å²) >= 11 is 0. The predicted molar refractivity (Wildman–Crippen MR) is 86.3 cm³/mol. The van der Waals surface area contributed by atoms with E-state index in [4.69, 9.17) is 4.42 Å². The molecule has 0 saturated carbocycles. The fraction of sp³-hybridized carbons (Fsp3) is 0.278. The van der Waals surface area contributed by atoms with Crippen molar-refractivity contribution >= 4 is 17.7 Å². The average Bonchev–Trinajstić information content (AvgIpc) is 2.91. The molecule has 0 spiro atoms. The quantitative estimate of drug-likeness (QED) is 0.828. The lowest BCUT2D eigenvalue weighted by atomic mass is 10.0. The standard InChI is InChI=1S/C18H21NO2/c1-4-14-7-6-8-15(5-2)18(14)19-17(20)12-11-16-10-9-13(3)21-16/h6-12H,4-5H2,1-3H3,(H,19,20)/b12-11+. The third kappa shape index (κ3) is 3.85. The van der Waals surface area contributed by atoms with Crippen molar-refractivity contribution in [3.8, 4) is 0 Å². The van der Waals surface area contributed by atoms with Gasteiger partial charge in [-0.15, -0.1) is 0 Å². The zero-order chi connectivity index (χ0) is 15.2. The number of hydrogen-bond acceptors (Lipinski definition) is 2. The van der Waals surface area contributed by atoms with Crippen molar-refractivity contribution in [1.82, 2.24) is 0 Å². The third-order valence-corrected chi connectivity index (χ3v) is 3.41. The van der Waals surface area contributed by atoms with Crippen molar-refractivity contribution < 1.29 is 9.21 Å². The van der Waals surface area contributed by atoms with Crippen molar-refractivity contribution in [2.45, 2.75) is 33.6 Å². The highest BCUT2D eigenvalue weighted by molar-refractivity contribution is 6.02. The molecule has 1 aromatic carbocycles. The highest BCUT2D eigenvalue weighted by Gasteiger charge is 2.08. The van der Waals surface area contributed by atoms with Crippen molar-refractivity contribution in [2.24, 2.45) is 0 Å². The van der Waals surface area contributed by atoms with E-state index in [1.807, 2.05) is 37.3 Å². The number of amides is 1. The maximum atomic E-state index is 12.1. The van der Waals surface area contributed by atoms with Crippen LogP contribution in [0, 0.1) is 6.92 Å². The number of para-hydroxylation sites is 1. The maximum absolute atomic E-state index is 12.1. The van der Waals surface area contributed by atoms with Crippen molar-refractivity contribution in [3.05, 3.63) is 59.1 Å². The average molecular weight is 283 g/mol. The molecule has 1 heterocycles. The van der Waals surface area contributed by atoms with Gasteiger partial charge in [0.1, 0.15) is 11.5 Å². The number of carbonyl (C=O) groups is 1. The molecule has 0 unspecified atom stereocenters. The summed E-state index contributed by atoms with van der Waals surface area (Å²) in [6.45, 7) is 6.06. The highest BCUT2D eigenvalue weighted by Crippen LogP contribution is 2.22. The Morgan fingerprint density at radius 3 is 2.33 bits per heavy atom. The molecule has 1 aromatic heterocycles. The van der Waals surface area contributed by atoms with Gasteiger partial charge in [0.05, 0.1) is 0 Å². The number of aryl methyl sites for hydroxylation is 3. The van der Waals surface area contributed by atoms with Crippen LogP contribution in [-0.2, 0) is 17.6 Å². The van der Waals surface area contributed by atoms with Gasteiger partial charge in [0.2, 0.25) is 5.91 Å². The van der Waals surface area contributed by atoms with E-state index < -0.39 is 0 Å². The molecule has 0 fully saturated rings. The van der Waals surface area contributed by atoms with Crippen LogP contribution in [0.3, 0.4) is 0 Å². The topological polar surface area (TPSA) is 42.2 Å². The molecule has 2 aromatic rings. The van der Waals surface area contributed by atoms with Gasteiger partial charge in [0.15, 0.2) is 0 Å². The van der Waals surface area contributed by atoms with Crippen LogP contribution in [0.4, 0.5) is 5.69 Å². The largest absolute Gasteiger partial charge is 0.462 e.